The molecule has 0 saturated carbocycles. The van der Waals surface area contributed by atoms with E-state index in [-0.39, 0.29) is 11.1 Å². The molecule has 25 heavy (non-hydrogen) atoms. The predicted octanol–water partition coefficient (Wildman–Crippen LogP) is 4.07. The summed E-state index contributed by atoms with van der Waals surface area (Å²) in [6.07, 6.45) is 1.90. The Balaban J connectivity index is 2.04. The molecule has 1 heterocycles. The summed E-state index contributed by atoms with van der Waals surface area (Å²) >= 11 is 5.20. The van der Waals surface area contributed by atoms with E-state index in [1.807, 2.05) is 0 Å². The minimum Gasteiger partial charge on any atom is -0.482 e. The molecule has 2 aromatic carbocycles. The molecule has 0 radical (unpaired) electrons. The van der Waals surface area contributed by atoms with Crippen LogP contribution in [0.1, 0.15) is 33.6 Å². The van der Waals surface area contributed by atoms with Crippen molar-refractivity contribution in [2.75, 3.05) is 6.61 Å². The van der Waals surface area contributed by atoms with Gasteiger partial charge in [-0.2, -0.15) is 0 Å². The zero-order valence-electron chi connectivity index (χ0n) is 15.2. The summed E-state index contributed by atoms with van der Waals surface area (Å²) in [7, 11) is -2.46. The third-order valence-electron chi connectivity index (χ3n) is 4.87. The van der Waals surface area contributed by atoms with Gasteiger partial charge < -0.3 is 9.16 Å². The van der Waals surface area contributed by atoms with Crippen LogP contribution in [0.15, 0.2) is 60.7 Å². The first-order valence-electron chi connectivity index (χ1n) is 8.88. The normalized spacial score (nSPS) is 18.2. The van der Waals surface area contributed by atoms with Crippen LogP contribution < -0.4 is 10.4 Å². The van der Waals surface area contributed by atoms with Gasteiger partial charge in [0.15, 0.2) is 5.05 Å². The SMILES string of the molecule is CC(C)(C)[Si](OC[C@@H]1CCC(=S)O1)(c1ccccc1)c1ccccc1. The van der Waals surface area contributed by atoms with Crippen LogP contribution in [-0.4, -0.2) is 26.1 Å². The van der Waals surface area contributed by atoms with Gasteiger partial charge in [0, 0.05) is 6.42 Å². The van der Waals surface area contributed by atoms with E-state index in [1.165, 1.54) is 10.4 Å². The summed E-state index contributed by atoms with van der Waals surface area (Å²) in [6, 6.07) is 21.4. The van der Waals surface area contributed by atoms with Crippen LogP contribution >= 0.6 is 12.2 Å². The molecule has 0 bridgehead atoms. The van der Waals surface area contributed by atoms with Crippen molar-refractivity contribution >= 4 is 36.0 Å². The smallest absolute Gasteiger partial charge is 0.261 e. The standard InChI is InChI=1S/C21H26O2SSi/c1-21(2,3)25(18-10-6-4-7-11-18,19-12-8-5-9-13-19)22-16-17-14-15-20(24)23-17/h4-13,17H,14-16H2,1-3H3/t17-/m0/s1. The Labute approximate surface area is 157 Å². The van der Waals surface area contributed by atoms with E-state index < -0.39 is 8.32 Å². The lowest BCUT2D eigenvalue weighted by Gasteiger charge is -2.43. The number of ether oxygens (including phenoxy) is 1. The van der Waals surface area contributed by atoms with Crippen LogP contribution in [-0.2, 0) is 9.16 Å². The van der Waals surface area contributed by atoms with Gasteiger partial charge in [0.1, 0.15) is 6.10 Å². The monoisotopic (exact) mass is 370 g/mol. The highest BCUT2D eigenvalue weighted by molar-refractivity contribution is 7.80. The Kier molecular flexibility index (Phi) is 5.42. The summed E-state index contributed by atoms with van der Waals surface area (Å²) in [5.74, 6) is 0. The van der Waals surface area contributed by atoms with Gasteiger partial charge in [0.2, 0.25) is 0 Å². The van der Waals surface area contributed by atoms with E-state index in [9.17, 15) is 0 Å². The van der Waals surface area contributed by atoms with E-state index in [1.54, 1.807) is 0 Å². The van der Waals surface area contributed by atoms with Gasteiger partial charge in [0.05, 0.1) is 6.61 Å². The third kappa shape index (κ3) is 3.71. The predicted molar refractivity (Wildman–Crippen MR) is 110 cm³/mol. The Morgan fingerprint density at radius 2 is 1.52 bits per heavy atom. The van der Waals surface area contributed by atoms with Crippen LogP contribution in [0.4, 0.5) is 0 Å². The minimum absolute atomic E-state index is 0.00514. The Hall–Kier alpha value is -1.49. The summed E-state index contributed by atoms with van der Waals surface area (Å²) in [5.41, 5.74) is 0. The Morgan fingerprint density at radius 1 is 1.00 bits per heavy atom. The fraction of sp³-hybridized carbons (Fsp3) is 0.381. The number of hydrogen-bond acceptors (Lipinski definition) is 3. The maximum atomic E-state index is 6.85. The summed E-state index contributed by atoms with van der Waals surface area (Å²) in [6.45, 7) is 7.46. The van der Waals surface area contributed by atoms with Gasteiger partial charge in [-0.15, -0.1) is 0 Å². The molecule has 0 amide bonds. The first kappa shape index (κ1) is 18.3. The Bertz CT molecular complexity index is 670. The molecule has 4 heteroatoms. The first-order valence-corrected chi connectivity index (χ1v) is 11.2. The molecule has 0 aliphatic carbocycles. The lowest BCUT2D eigenvalue weighted by Crippen LogP contribution is -2.67. The molecule has 1 saturated heterocycles. The zero-order chi connectivity index (χ0) is 17.9. The van der Waals surface area contributed by atoms with Crippen molar-refractivity contribution < 1.29 is 9.16 Å². The molecular weight excluding hydrogens is 344 g/mol. The molecular formula is C21H26O2SSi. The number of thiocarbonyl (C=S) groups is 1. The second kappa shape index (κ2) is 7.40. The molecule has 0 spiro atoms. The van der Waals surface area contributed by atoms with Crippen LogP contribution in [0.2, 0.25) is 5.04 Å². The van der Waals surface area contributed by atoms with Crippen LogP contribution in [0.3, 0.4) is 0 Å². The fourth-order valence-corrected chi connectivity index (χ4v) is 8.52. The second-order valence-corrected chi connectivity index (χ2v) is 12.4. The van der Waals surface area contributed by atoms with Gasteiger partial charge in [-0.1, -0.05) is 81.4 Å². The lowest BCUT2D eigenvalue weighted by molar-refractivity contribution is 0.135. The van der Waals surface area contributed by atoms with Crippen molar-refractivity contribution in [1.82, 2.24) is 0 Å². The average Bonchev–Trinajstić information content (AvgIpc) is 3.02. The minimum atomic E-state index is -2.46. The van der Waals surface area contributed by atoms with Crippen molar-refractivity contribution in [2.24, 2.45) is 0 Å². The lowest BCUT2D eigenvalue weighted by atomic mass is 10.2. The van der Waals surface area contributed by atoms with E-state index in [0.29, 0.717) is 6.61 Å². The molecule has 1 aliphatic rings. The molecule has 1 fully saturated rings. The summed E-state index contributed by atoms with van der Waals surface area (Å²) in [5, 5.41) is 3.31. The van der Waals surface area contributed by atoms with E-state index in [2.05, 4.69) is 81.4 Å². The third-order valence-corrected chi connectivity index (χ3v) is 10.2. The number of rotatable bonds is 5. The molecule has 0 unspecified atom stereocenters. The summed E-state index contributed by atoms with van der Waals surface area (Å²) in [4.78, 5) is 0. The van der Waals surface area contributed by atoms with Crippen LogP contribution in [0.5, 0.6) is 0 Å². The molecule has 2 aromatic rings. The van der Waals surface area contributed by atoms with Crippen molar-refractivity contribution in [2.45, 2.75) is 44.8 Å². The van der Waals surface area contributed by atoms with E-state index in [0.717, 1.165) is 17.9 Å². The van der Waals surface area contributed by atoms with Gasteiger partial charge in [0.25, 0.3) is 8.32 Å². The van der Waals surface area contributed by atoms with Gasteiger partial charge in [-0.25, -0.2) is 0 Å². The maximum absolute atomic E-state index is 6.85. The highest BCUT2D eigenvalue weighted by atomic mass is 32.1. The van der Waals surface area contributed by atoms with Crippen molar-refractivity contribution in [1.29, 1.82) is 0 Å². The summed E-state index contributed by atoms with van der Waals surface area (Å²) < 4.78 is 12.6. The first-order chi connectivity index (χ1) is 11.9. The fourth-order valence-electron chi connectivity index (χ4n) is 3.68. The largest absolute Gasteiger partial charge is 0.482 e. The van der Waals surface area contributed by atoms with Crippen molar-refractivity contribution in [3.05, 3.63) is 60.7 Å². The van der Waals surface area contributed by atoms with Gasteiger partial charge in [-0.05, 0) is 34.1 Å². The van der Waals surface area contributed by atoms with Crippen molar-refractivity contribution in [3.63, 3.8) is 0 Å². The molecule has 3 rings (SSSR count). The molecule has 0 aromatic heterocycles. The highest BCUT2D eigenvalue weighted by Gasteiger charge is 2.50. The van der Waals surface area contributed by atoms with Crippen molar-refractivity contribution in [3.8, 4) is 0 Å². The molecule has 1 aliphatic heterocycles. The van der Waals surface area contributed by atoms with Gasteiger partial charge >= 0.3 is 0 Å². The highest BCUT2D eigenvalue weighted by Crippen LogP contribution is 2.37. The average molecular weight is 371 g/mol. The second-order valence-electron chi connectivity index (χ2n) is 7.62. The molecule has 2 nitrogen and oxygen atoms in total. The van der Waals surface area contributed by atoms with E-state index >= 15 is 0 Å². The van der Waals surface area contributed by atoms with E-state index in [4.69, 9.17) is 21.4 Å². The number of hydrogen-bond donors (Lipinski definition) is 0. The topological polar surface area (TPSA) is 18.5 Å². The maximum Gasteiger partial charge on any atom is 0.261 e. The quantitative estimate of drug-likeness (QED) is 0.584. The molecule has 1 atom stereocenters. The van der Waals surface area contributed by atoms with Crippen LogP contribution in [0.25, 0.3) is 0 Å². The molecule has 132 valence electrons. The zero-order valence-corrected chi connectivity index (χ0v) is 17.0. The Morgan fingerprint density at radius 3 is 1.92 bits per heavy atom. The van der Waals surface area contributed by atoms with Gasteiger partial charge in [-0.3, -0.25) is 0 Å². The number of benzene rings is 2. The molecule has 0 N–H and O–H groups in total. The van der Waals surface area contributed by atoms with Crippen LogP contribution in [0, 0.1) is 0 Å².